The molecule has 0 aliphatic rings. The maximum absolute atomic E-state index is 12.9. The summed E-state index contributed by atoms with van der Waals surface area (Å²) in [7, 11) is -9.78. The molecule has 0 amide bonds. The van der Waals surface area contributed by atoms with Gasteiger partial charge in [-0.15, -0.1) is 0 Å². The maximum atomic E-state index is 12.9. The van der Waals surface area contributed by atoms with Crippen molar-refractivity contribution >= 4 is 33.6 Å². The summed E-state index contributed by atoms with van der Waals surface area (Å²) in [5.74, 6) is -1.58. The van der Waals surface area contributed by atoms with Crippen LogP contribution in [0.1, 0.15) is 342 Å². The van der Waals surface area contributed by atoms with Gasteiger partial charge in [0.2, 0.25) is 0 Å². The van der Waals surface area contributed by atoms with Gasteiger partial charge < -0.3 is 34.2 Å². The number of hydrogen-bond acceptors (Lipinski definition) is 14. The first-order valence-electron chi connectivity index (χ1n) is 38.2. The maximum Gasteiger partial charge on any atom is 0.472 e. The lowest BCUT2D eigenvalue weighted by molar-refractivity contribution is -0.161. The topological polar surface area (TPSA) is 231 Å². The molecule has 0 aromatic heterocycles. The van der Waals surface area contributed by atoms with Gasteiger partial charge in [-0.1, -0.05) is 280 Å². The van der Waals surface area contributed by atoms with Gasteiger partial charge in [0.25, 0.3) is 0 Å². The van der Waals surface area contributed by atoms with E-state index in [0.29, 0.717) is 19.3 Å². The Morgan fingerprint density at radius 1 is 0.295 bits per heavy atom. The molecule has 0 saturated carbocycles. The van der Waals surface area contributed by atoms with E-state index in [0.717, 1.165) is 122 Å². The molecule has 0 fully saturated rings. The van der Waals surface area contributed by atoms with Gasteiger partial charge >= 0.3 is 33.6 Å². The normalized spacial score (nSPS) is 14.5. The average molecular weight is 1380 g/mol. The standard InChI is InChI=1S/C77H140O16P2/c1-4-7-10-13-16-19-22-25-28-29-30-31-32-33-34-35-36-37-38-39-40-41-44-46-48-51-54-57-60-63-75(80)87-66-72(78)67-89-94(83,84)90-68-73(79)69-91-95(85,86)92-71-74(93-77(82)65-62-59-56-53-50-47-43-27-24-21-18-15-12-9-6-3)70-88-76(81)64-61-58-55-52-49-45-42-26-23-20-17-14-11-8-5-2/h16,19,25-28,30-31,33-34,42-43,72-74,78-79H,4-15,17-18,20-24,29,32,35-41,44-71H2,1-3H3,(H,83,84)(H,85,86)/b19-16-,28-25-,31-30-,34-33-,42-26-,43-27-. The number of ether oxygens (including phenoxy) is 3. The fraction of sp³-hybridized carbons (Fsp3) is 0.805. The lowest BCUT2D eigenvalue weighted by Crippen LogP contribution is -2.30. The molecule has 0 rings (SSSR count). The lowest BCUT2D eigenvalue weighted by Gasteiger charge is -2.21. The predicted octanol–water partition coefficient (Wildman–Crippen LogP) is 21.9. The molecule has 554 valence electrons. The second-order valence-electron chi connectivity index (χ2n) is 25.8. The van der Waals surface area contributed by atoms with Crippen molar-refractivity contribution in [2.75, 3.05) is 39.6 Å². The van der Waals surface area contributed by atoms with Crippen LogP contribution in [0.5, 0.6) is 0 Å². The molecule has 4 N–H and O–H groups in total. The molecule has 0 aromatic carbocycles. The Labute approximate surface area is 579 Å². The first kappa shape index (κ1) is 92.0. The number of phosphoric ester groups is 2. The molecule has 0 saturated heterocycles. The van der Waals surface area contributed by atoms with E-state index in [1.807, 2.05) is 0 Å². The Kier molecular flexibility index (Phi) is 68.6. The Balaban J connectivity index is 4.46. The molecule has 0 bridgehead atoms. The predicted molar refractivity (Wildman–Crippen MR) is 390 cm³/mol. The van der Waals surface area contributed by atoms with Gasteiger partial charge in [-0.2, -0.15) is 0 Å². The van der Waals surface area contributed by atoms with Crippen LogP contribution < -0.4 is 0 Å². The third kappa shape index (κ3) is 72.1. The summed E-state index contributed by atoms with van der Waals surface area (Å²) in [4.78, 5) is 58.5. The highest BCUT2D eigenvalue weighted by atomic mass is 31.2. The molecule has 5 unspecified atom stereocenters. The van der Waals surface area contributed by atoms with E-state index in [-0.39, 0.29) is 19.3 Å². The first-order valence-corrected chi connectivity index (χ1v) is 41.2. The first-order chi connectivity index (χ1) is 46.2. The third-order valence-corrected chi connectivity index (χ3v) is 18.3. The fourth-order valence-electron chi connectivity index (χ4n) is 10.5. The van der Waals surface area contributed by atoms with Crippen molar-refractivity contribution in [3.63, 3.8) is 0 Å². The van der Waals surface area contributed by atoms with Crippen molar-refractivity contribution in [1.29, 1.82) is 0 Å². The molecule has 95 heavy (non-hydrogen) atoms. The number of phosphoric acid groups is 2. The Morgan fingerprint density at radius 3 is 0.863 bits per heavy atom. The van der Waals surface area contributed by atoms with Crippen LogP contribution in [-0.4, -0.2) is 95.9 Å². The van der Waals surface area contributed by atoms with E-state index in [1.54, 1.807) is 0 Å². The van der Waals surface area contributed by atoms with Crippen molar-refractivity contribution in [2.45, 2.75) is 360 Å². The second kappa shape index (κ2) is 70.8. The van der Waals surface area contributed by atoms with Crippen LogP contribution in [0.4, 0.5) is 0 Å². The molecule has 16 nitrogen and oxygen atoms in total. The SMILES string of the molecule is CCCCC/C=C\C/C=C\C/C=C\C/C=C\CCCCCCCCCCCCCCCC(=O)OCC(O)COP(=O)(O)OCC(O)COP(=O)(O)OCC(COC(=O)CCCCCCC/C=C\CCCCCCCC)OC(=O)CCCCCCC/C=C\CCCCCCCC. The van der Waals surface area contributed by atoms with Crippen LogP contribution in [-0.2, 0) is 55.8 Å². The zero-order valence-corrected chi connectivity index (χ0v) is 62.1. The van der Waals surface area contributed by atoms with Crippen LogP contribution in [0, 0.1) is 0 Å². The number of aliphatic hydroxyl groups is 2. The molecular formula is C77H140O16P2. The molecule has 0 aliphatic heterocycles. The van der Waals surface area contributed by atoms with Crippen LogP contribution >= 0.6 is 15.6 Å². The van der Waals surface area contributed by atoms with Crippen molar-refractivity contribution < 1.29 is 75.8 Å². The lowest BCUT2D eigenvalue weighted by atomic mass is 10.0. The molecule has 0 heterocycles. The van der Waals surface area contributed by atoms with E-state index >= 15 is 0 Å². The summed E-state index contributed by atoms with van der Waals surface area (Å²) < 4.78 is 61.0. The minimum atomic E-state index is -4.92. The van der Waals surface area contributed by atoms with Crippen LogP contribution in [0.15, 0.2) is 72.9 Å². The number of carbonyl (C=O) groups is 3. The highest BCUT2D eigenvalue weighted by Gasteiger charge is 2.29. The van der Waals surface area contributed by atoms with Gasteiger partial charge in [-0.3, -0.25) is 32.5 Å². The monoisotopic (exact) mass is 1380 g/mol. The fourth-order valence-corrected chi connectivity index (χ4v) is 12.1. The van der Waals surface area contributed by atoms with Gasteiger partial charge in [-0.25, -0.2) is 9.13 Å². The van der Waals surface area contributed by atoms with E-state index in [4.69, 9.17) is 32.3 Å². The van der Waals surface area contributed by atoms with E-state index in [1.165, 1.54) is 161 Å². The minimum Gasteiger partial charge on any atom is -0.463 e. The van der Waals surface area contributed by atoms with Crippen molar-refractivity contribution in [3.05, 3.63) is 72.9 Å². The number of rotatable bonds is 73. The Morgan fingerprint density at radius 2 is 0.526 bits per heavy atom. The highest BCUT2D eigenvalue weighted by Crippen LogP contribution is 2.45. The second-order valence-corrected chi connectivity index (χ2v) is 28.7. The zero-order valence-electron chi connectivity index (χ0n) is 60.3. The van der Waals surface area contributed by atoms with Crippen molar-refractivity contribution in [2.24, 2.45) is 0 Å². The molecule has 5 atom stereocenters. The van der Waals surface area contributed by atoms with Crippen molar-refractivity contribution in [3.8, 4) is 0 Å². The summed E-state index contributed by atoms with van der Waals surface area (Å²) in [5.41, 5.74) is 0. The van der Waals surface area contributed by atoms with Gasteiger partial charge in [0, 0.05) is 19.3 Å². The Hall–Kier alpha value is -3.01. The number of hydrogen-bond donors (Lipinski definition) is 4. The minimum absolute atomic E-state index is 0.0963. The summed E-state index contributed by atoms with van der Waals surface area (Å²) >= 11 is 0. The molecular weight excluding hydrogens is 1240 g/mol. The summed E-state index contributed by atoms with van der Waals surface area (Å²) in [6.45, 7) is 2.66. The van der Waals surface area contributed by atoms with Gasteiger partial charge in [0.1, 0.15) is 25.4 Å². The largest absolute Gasteiger partial charge is 0.472 e. The van der Waals surface area contributed by atoms with E-state index in [9.17, 15) is 43.5 Å². The van der Waals surface area contributed by atoms with Gasteiger partial charge in [0.05, 0.1) is 26.4 Å². The molecule has 18 heteroatoms. The summed E-state index contributed by atoms with van der Waals surface area (Å²) in [5, 5.41) is 20.6. The van der Waals surface area contributed by atoms with Crippen LogP contribution in [0.25, 0.3) is 0 Å². The highest BCUT2D eigenvalue weighted by molar-refractivity contribution is 7.47. The van der Waals surface area contributed by atoms with Crippen LogP contribution in [0.2, 0.25) is 0 Å². The summed E-state index contributed by atoms with van der Waals surface area (Å²) in [6.07, 6.45) is 76.7. The third-order valence-electron chi connectivity index (χ3n) is 16.4. The number of esters is 3. The number of allylic oxidation sites excluding steroid dienone is 12. The quantitative estimate of drug-likeness (QED) is 0.0146. The number of aliphatic hydroxyl groups excluding tert-OH is 2. The van der Waals surface area contributed by atoms with Crippen LogP contribution in [0.3, 0.4) is 0 Å². The zero-order chi connectivity index (χ0) is 69.5. The molecule has 0 aromatic rings. The Bertz CT molecular complexity index is 2020. The van der Waals surface area contributed by atoms with Crippen molar-refractivity contribution in [1.82, 2.24) is 0 Å². The molecule has 0 radical (unpaired) electrons. The average Bonchev–Trinajstić information content (AvgIpc) is 1.83. The van der Waals surface area contributed by atoms with Gasteiger partial charge in [0.15, 0.2) is 6.10 Å². The smallest absolute Gasteiger partial charge is 0.463 e. The number of carbonyl (C=O) groups excluding carboxylic acids is 3. The molecule has 0 aliphatic carbocycles. The molecule has 0 spiro atoms. The van der Waals surface area contributed by atoms with E-state index in [2.05, 4.69) is 93.7 Å². The number of unbranched alkanes of at least 4 members (excludes halogenated alkanes) is 38. The van der Waals surface area contributed by atoms with E-state index < -0.39 is 91.5 Å². The van der Waals surface area contributed by atoms with Gasteiger partial charge in [-0.05, 0) is 116 Å². The summed E-state index contributed by atoms with van der Waals surface area (Å²) in [6, 6.07) is 0.